The maximum Gasteiger partial charge on any atom is 0.262 e. The van der Waals surface area contributed by atoms with Crippen molar-refractivity contribution < 1.29 is 14.3 Å². The van der Waals surface area contributed by atoms with E-state index >= 15 is 0 Å². The van der Waals surface area contributed by atoms with E-state index in [-0.39, 0.29) is 12.5 Å². The van der Waals surface area contributed by atoms with Gasteiger partial charge in [0.15, 0.2) is 6.61 Å². The molecule has 3 aromatic carbocycles. The molecule has 0 spiro atoms. The number of rotatable bonds is 7. The number of carbonyl (C=O) groups is 1. The fourth-order valence-corrected chi connectivity index (χ4v) is 2.43. The molecule has 4 heteroatoms. The first-order chi connectivity index (χ1) is 12.7. The first-order valence-corrected chi connectivity index (χ1v) is 8.46. The highest BCUT2D eigenvalue weighted by Gasteiger charge is 2.05. The Balaban J connectivity index is 1.47. The Bertz CT molecular complexity index is 845. The van der Waals surface area contributed by atoms with Crippen molar-refractivity contribution in [2.24, 2.45) is 0 Å². The number of carbonyl (C=O) groups excluding carboxylic acids is 1. The van der Waals surface area contributed by atoms with Crippen LogP contribution in [0, 0.1) is 6.92 Å². The van der Waals surface area contributed by atoms with Crippen molar-refractivity contribution in [3.05, 3.63) is 90.0 Å². The summed E-state index contributed by atoms with van der Waals surface area (Å²) in [6.45, 7) is 2.43. The Morgan fingerprint density at radius 1 is 0.846 bits per heavy atom. The largest absolute Gasteiger partial charge is 0.489 e. The summed E-state index contributed by atoms with van der Waals surface area (Å²) in [5, 5.41) is 2.81. The van der Waals surface area contributed by atoms with Crippen molar-refractivity contribution in [3.63, 3.8) is 0 Å². The Labute approximate surface area is 153 Å². The molecule has 0 bridgehead atoms. The van der Waals surface area contributed by atoms with E-state index in [2.05, 4.69) is 5.32 Å². The lowest BCUT2D eigenvalue weighted by atomic mass is 10.2. The van der Waals surface area contributed by atoms with E-state index in [1.807, 2.05) is 85.8 Å². The Kier molecular flexibility index (Phi) is 5.88. The van der Waals surface area contributed by atoms with Crippen molar-refractivity contribution in [2.45, 2.75) is 13.5 Å². The van der Waals surface area contributed by atoms with Crippen LogP contribution in [-0.4, -0.2) is 12.5 Å². The van der Waals surface area contributed by atoms with Gasteiger partial charge in [-0.15, -0.1) is 0 Å². The number of benzene rings is 3. The molecule has 0 aromatic heterocycles. The fraction of sp³-hybridized carbons (Fsp3) is 0.136. The number of anilines is 1. The minimum Gasteiger partial charge on any atom is -0.489 e. The van der Waals surface area contributed by atoms with Crippen LogP contribution in [0.2, 0.25) is 0 Å². The Hall–Kier alpha value is -3.27. The van der Waals surface area contributed by atoms with Gasteiger partial charge < -0.3 is 14.8 Å². The average Bonchev–Trinajstić information content (AvgIpc) is 2.68. The molecule has 0 aliphatic rings. The van der Waals surface area contributed by atoms with Gasteiger partial charge in [-0.05, 0) is 48.4 Å². The third-order valence-electron chi connectivity index (χ3n) is 3.84. The van der Waals surface area contributed by atoms with Gasteiger partial charge in [0.2, 0.25) is 0 Å². The zero-order valence-corrected chi connectivity index (χ0v) is 14.6. The molecule has 0 unspecified atom stereocenters. The van der Waals surface area contributed by atoms with Crippen molar-refractivity contribution in [1.29, 1.82) is 0 Å². The molecule has 0 fully saturated rings. The van der Waals surface area contributed by atoms with Gasteiger partial charge in [0.25, 0.3) is 5.91 Å². The summed E-state index contributed by atoms with van der Waals surface area (Å²) in [5.41, 5.74) is 2.81. The smallest absolute Gasteiger partial charge is 0.262 e. The molecule has 0 aliphatic heterocycles. The molecule has 132 valence electrons. The maximum atomic E-state index is 12.0. The summed E-state index contributed by atoms with van der Waals surface area (Å²) in [5.74, 6) is 1.27. The Morgan fingerprint density at radius 2 is 1.54 bits per heavy atom. The molecule has 4 nitrogen and oxygen atoms in total. The zero-order valence-electron chi connectivity index (χ0n) is 14.6. The monoisotopic (exact) mass is 347 g/mol. The summed E-state index contributed by atoms with van der Waals surface area (Å²) in [7, 11) is 0. The summed E-state index contributed by atoms with van der Waals surface area (Å²) in [4.78, 5) is 12.0. The first-order valence-electron chi connectivity index (χ1n) is 8.46. The van der Waals surface area contributed by atoms with Crippen LogP contribution < -0.4 is 14.8 Å². The summed E-state index contributed by atoms with van der Waals surface area (Å²) >= 11 is 0. The van der Waals surface area contributed by atoms with Crippen LogP contribution in [0.5, 0.6) is 11.5 Å². The van der Waals surface area contributed by atoms with Crippen LogP contribution in [0.1, 0.15) is 11.1 Å². The molecule has 26 heavy (non-hydrogen) atoms. The lowest BCUT2D eigenvalue weighted by Crippen LogP contribution is -2.20. The Morgan fingerprint density at radius 3 is 2.27 bits per heavy atom. The maximum absolute atomic E-state index is 12.0. The first kappa shape index (κ1) is 17.5. The number of hydrogen-bond donors (Lipinski definition) is 1. The van der Waals surface area contributed by atoms with E-state index in [0.717, 1.165) is 16.9 Å². The zero-order chi connectivity index (χ0) is 18.2. The van der Waals surface area contributed by atoms with Crippen molar-refractivity contribution in [1.82, 2.24) is 0 Å². The van der Waals surface area contributed by atoms with Crippen LogP contribution in [-0.2, 0) is 11.4 Å². The molecular weight excluding hydrogens is 326 g/mol. The summed E-state index contributed by atoms with van der Waals surface area (Å²) < 4.78 is 11.3. The predicted molar refractivity (Wildman–Crippen MR) is 103 cm³/mol. The second-order valence-corrected chi connectivity index (χ2v) is 5.90. The lowest BCUT2D eigenvalue weighted by Gasteiger charge is -2.10. The quantitative estimate of drug-likeness (QED) is 0.680. The van der Waals surface area contributed by atoms with E-state index in [1.54, 1.807) is 0 Å². The van der Waals surface area contributed by atoms with Crippen molar-refractivity contribution in [3.8, 4) is 11.5 Å². The summed E-state index contributed by atoms with van der Waals surface area (Å²) in [6, 6.07) is 24.9. The number of hydrogen-bond acceptors (Lipinski definition) is 3. The normalized spacial score (nSPS) is 10.2. The molecule has 3 rings (SSSR count). The van der Waals surface area contributed by atoms with Gasteiger partial charge >= 0.3 is 0 Å². The SMILES string of the molecule is Cc1ccccc1OCC(=O)Nc1ccc(OCc2ccccc2)cc1. The number of ether oxygens (including phenoxy) is 2. The van der Waals surface area contributed by atoms with Gasteiger partial charge in [0.1, 0.15) is 18.1 Å². The van der Waals surface area contributed by atoms with Crippen molar-refractivity contribution >= 4 is 11.6 Å². The third kappa shape index (κ3) is 5.11. The summed E-state index contributed by atoms with van der Waals surface area (Å²) in [6.07, 6.45) is 0. The second kappa shape index (κ2) is 8.72. The minimum atomic E-state index is -0.203. The molecule has 0 aliphatic carbocycles. The van der Waals surface area contributed by atoms with Gasteiger partial charge in [0, 0.05) is 5.69 Å². The van der Waals surface area contributed by atoms with E-state index in [1.165, 1.54) is 0 Å². The van der Waals surface area contributed by atoms with Crippen LogP contribution in [0.15, 0.2) is 78.9 Å². The van der Waals surface area contributed by atoms with Gasteiger partial charge in [-0.25, -0.2) is 0 Å². The van der Waals surface area contributed by atoms with E-state index in [0.29, 0.717) is 18.0 Å². The molecule has 0 atom stereocenters. The topological polar surface area (TPSA) is 47.6 Å². The molecular formula is C22H21NO3. The second-order valence-electron chi connectivity index (χ2n) is 5.90. The van der Waals surface area contributed by atoms with E-state index in [4.69, 9.17) is 9.47 Å². The molecule has 0 radical (unpaired) electrons. The van der Waals surface area contributed by atoms with Gasteiger partial charge in [-0.3, -0.25) is 4.79 Å². The standard InChI is InChI=1S/C22H21NO3/c1-17-7-5-6-10-21(17)26-16-22(24)23-19-11-13-20(14-12-19)25-15-18-8-3-2-4-9-18/h2-14H,15-16H2,1H3,(H,23,24). The molecule has 0 heterocycles. The molecule has 0 saturated heterocycles. The van der Waals surface area contributed by atoms with Crippen LogP contribution in [0.4, 0.5) is 5.69 Å². The lowest BCUT2D eigenvalue weighted by molar-refractivity contribution is -0.118. The fourth-order valence-electron chi connectivity index (χ4n) is 2.43. The van der Waals surface area contributed by atoms with Gasteiger partial charge in [0.05, 0.1) is 0 Å². The predicted octanol–water partition coefficient (Wildman–Crippen LogP) is 4.59. The number of para-hydroxylation sites is 1. The van der Waals surface area contributed by atoms with Crippen molar-refractivity contribution in [2.75, 3.05) is 11.9 Å². The van der Waals surface area contributed by atoms with Gasteiger partial charge in [-0.2, -0.15) is 0 Å². The molecule has 1 amide bonds. The van der Waals surface area contributed by atoms with Crippen LogP contribution in [0.25, 0.3) is 0 Å². The number of nitrogens with one attached hydrogen (secondary N) is 1. The molecule has 1 N–H and O–H groups in total. The third-order valence-corrected chi connectivity index (χ3v) is 3.84. The average molecular weight is 347 g/mol. The number of amides is 1. The number of aryl methyl sites for hydroxylation is 1. The molecule has 0 saturated carbocycles. The van der Waals surface area contributed by atoms with E-state index in [9.17, 15) is 4.79 Å². The minimum absolute atomic E-state index is 0.0306. The van der Waals surface area contributed by atoms with Crippen LogP contribution >= 0.6 is 0 Å². The van der Waals surface area contributed by atoms with Crippen LogP contribution in [0.3, 0.4) is 0 Å². The highest BCUT2D eigenvalue weighted by atomic mass is 16.5. The van der Waals surface area contributed by atoms with Gasteiger partial charge in [-0.1, -0.05) is 48.5 Å². The molecule has 3 aromatic rings. The highest BCUT2D eigenvalue weighted by molar-refractivity contribution is 5.91. The van der Waals surface area contributed by atoms with E-state index < -0.39 is 0 Å². The highest BCUT2D eigenvalue weighted by Crippen LogP contribution is 2.18.